The zero-order valence-corrected chi connectivity index (χ0v) is 22.8. The maximum atomic E-state index is 11.1. The summed E-state index contributed by atoms with van der Waals surface area (Å²) in [5.41, 5.74) is 1.01. The van der Waals surface area contributed by atoms with Crippen molar-refractivity contribution in [3.63, 3.8) is 0 Å². The fourth-order valence-electron chi connectivity index (χ4n) is 2.64. The van der Waals surface area contributed by atoms with Crippen molar-refractivity contribution in [1.82, 2.24) is 0 Å². The average molecular weight is 541 g/mol. The second-order valence-corrected chi connectivity index (χ2v) is 8.54. The molecule has 0 aromatic heterocycles. The van der Waals surface area contributed by atoms with Gasteiger partial charge in [-0.3, -0.25) is 0 Å². The lowest BCUT2D eigenvalue weighted by atomic mass is 9.77. The maximum Gasteiger partial charge on any atom is 0.330 e. The molecule has 0 aliphatic heterocycles. The Morgan fingerprint density at radius 1 is 0.718 bits per heavy atom. The summed E-state index contributed by atoms with van der Waals surface area (Å²) < 4.78 is 20.6. The molecular weight excluding hydrogens is 500 g/mol. The molecule has 0 rings (SSSR count). The van der Waals surface area contributed by atoms with Crippen molar-refractivity contribution in [2.45, 2.75) is 26.1 Å². The van der Waals surface area contributed by atoms with Crippen LogP contribution < -0.4 is 0 Å². The van der Waals surface area contributed by atoms with Crippen molar-refractivity contribution in [3.05, 3.63) is 123 Å². The molecular formula is C31H40O8. The van der Waals surface area contributed by atoms with Crippen LogP contribution in [0.3, 0.4) is 0 Å². The molecule has 8 nitrogen and oxygen atoms in total. The van der Waals surface area contributed by atoms with Crippen molar-refractivity contribution in [1.29, 1.82) is 0 Å². The summed E-state index contributed by atoms with van der Waals surface area (Å²) in [6.07, 6.45) is 13.5. The highest BCUT2D eigenvalue weighted by Crippen LogP contribution is 2.36. The number of allylic oxidation sites excluding steroid dienone is 10. The molecule has 0 spiro atoms. The number of carbonyl (C=O) groups excluding carboxylic acids is 2. The van der Waals surface area contributed by atoms with Gasteiger partial charge in [0.1, 0.15) is 50.2 Å². The fourth-order valence-corrected chi connectivity index (χ4v) is 2.64. The third-order valence-corrected chi connectivity index (χ3v) is 5.07. The van der Waals surface area contributed by atoms with Crippen LogP contribution in [0.4, 0.5) is 0 Å². The number of esters is 2. The first-order valence-electron chi connectivity index (χ1n) is 12.0. The van der Waals surface area contributed by atoms with Gasteiger partial charge < -0.3 is 29.2 Å². The predicted molar refractivity (Wildman–Crippen MR) is 153 cm³/mol. The summed E-state index contributed by atoms with van der Waals surface area (Å²) in [6, 6.07) is 0. The molecule has 8 heteroatoms. The van der Waals surface area contributed by atoms with Gasteiger partial charge in [0, 0.05) is 17.6 Å². The summed E-state index contributed by atoms with van der Waals surface area (Å²) in [6.45, 7) is 25.3. The number of hydrogen-bond acceptors (Lipinski definition) is 8. The largest absolute Gasteiger partial charge is 0.491 e. The van der Waals surface area contributed by atoms with E-state index in [0.29, 0.717) is 5.76 Å². The Labute approximate surface area is 231 Å². The molecule has 2 unspecified atom stereocenters. The van der Waals surface area contributed by atoms with Gasteiger partial charge in [0.05, 0.1) is 0 Å². The van der Waals surface area contributed by atoms with E-state index in [1.165, 1.54) is 6.08 Å². The summed E-state index contributed by atoms with van der Waals surface area (Å²) in [5.74, 6) is -0.560. The van der Waals surface area contributed by atoms with Crippen LogP contribution in [0.25, 0.3) is 0 Å². The molecule has 0 radical (unpaired) electrons. The molecule has 212 valence electrons. The van der Waals surface area contributed by atoms with Gasteiger partial charge in [0.15, 0.2) is 0 Å². The second kappa shape index (κ2) is 19.0. The lowest BCUT2D eigenvalue weighted by Crippen LogP contribution is -2.23. The van der Waals surface area contributed by atoms with Crippen LogP contribution in [0, 0.1) is 5.41 Å². The van der Waals surface area contributed by atoms with E-state index in [9.17, 15) is 19.8 Å². The second-order valence-electron chi connectivity index (χ2n) is 8.54. The third-order valence-electron chi connectivity index (χ3n) is 5.07. The van der Waals surface area contributed by atoms with Crippen LogP contribution >= 0.6 is 0 Å². The minimum absolute atomic E-state index is 0.109. The minimum atomic E-state index is -1.03. The monoisotopic (exact) mass is 540 g/mol. The first kappa shape index (κ1) is 34.9. The van der Waals surface area contributed by atoms with Crippen molar-refractivity contribution < 1.29 is 38.7 Å². The van der Waals surface area contributed by atoms with E-state index in [1.54, 1.807) is 36.5 Å². The van der Waals surface area contributed by atoms with Crippen LogP contribution in [-0.2, 0) is 28.5 Å². The smallest absolute Gasteiger partial charge is 0.330 e. The van der Waals surface area contributed by atoms with E-state index in [0.717, 1.165) is 23.3 Å². The number of aliphatic hydroxyl groups is 2. The van der Waals surface area contributed by atoms with Gasteiger partial charge in [0.2, 0.25) is 0 Å². The predicted octanol–water partition coefficient (Wildman–Crippen LogP) is 4.59. The molecule has 0 heterocycles. The molecule has 0 aromatic carbocycles. The van der Waals surface area contributed by atoms with Gasteiger partial charge in [-0.05, 0) is 29.4 Å². The minimum Gasteiger partial charge on any atom is -0.491 e. The fraction of sp³-hybridized carbons (Fsp3) is 0.290. The maximum absolute atomic E-state index is 11.1. The molecule has 0 aromatic rings. The molecule has 0 aliphatic carbocycles. The van der Waals surface area contributed by atoms with Crippen molar-refractivity contribution in [2.24, 2.45) is 5.41 Å². The summed E-state index contributed by atoms with van der Waals surface area (Å²) in [7, 11) is 0. The normalized spacial score (nSPS) is 13.7. The summed E-state index contributed by atoms with van der Waals surface area (Å²) >= 11 is 0. The van der Waals surface area contributed by atoms with E-state index >= 15 is 0 Å². The van der Waals surface area contributed by atoms with Crippen LogP contribution in [0.2, 0.25) is 0 Å². The van der Waals surface area contributed by atoms with E-state index < -0.39 is 29.6 Å². The average Bonchev–Trinajstić information content (AvgIpc) is 2.92. The lowest BCUT2D eigenvalue weighted by molar-refractivity contribution is -0.142. The molecule has 2 N–H and O–H groups in total. The van der Waals surface area contributed by atoms with Crippen LogP contribution in [-0.4, -0.2) is 60.8 Å². The van der Waals surface area contributed by atoms with Crippen LogP contribution in [0.5, 0.6) is 0 Å². The number of aliphatic hydroxyl groups excluding tert-OH is 2. The number of ether oxygens (including phenoxy) is 4. The number of hydrogen-bond donors (Lipinski definition) is 2. The van der Waals surface area contributed by atoms with E-state index in [2.05, 4.69) is 39.5 Å². The Hall–Kier alpha value is -4.14. The van der Waals surface area contributed by atoms with Gasteiger partial charge in [-0.2, -0.15) is 0 Å². The van der Waals surface area contributed by atoms with Gasteiger partial charge in [-0.25, -0.2) is 9.59 Å². The molecule has 2 atom stereocenters. The van der Waals surface area contributed by atoms with Gasteiger partial charge in [-0.1, -0.05) is 83.7 Å². The number of carbonyl (C=O) groups is 2. The zero-order chi connectivity index (χ0) is 29.8. The van der Waals surface area contributed by atoms with Crippen molar-refractivity contribution in [2.75, 3.05) is 26.4 Å². The Balaban J connectivity index is 5.23. The van der Waals surface area contributed by atoms with Crippen LogP contribution in [0.1, 0.15) is 13.8 Å². The highest BCUT2D eigenvalue weighted by Gasteiger charge is 2.23. The molecule has 0 saturated carbocycles. The molecule has 0 saturated heterocycles. The Morgan fingerprint density at radius 3 is 1.69 bits per heavy atom. The molecule has 0 amide bonds. The van der Waals surface area contributed by atoms with Gasteiger partial charge in [0.25, 0.3) is 0 Å². The molecule has 0 aliphatic rings. The topological polar surface area (TPSA) is 112 Å². The Bertz CT molecular complexity index is 1020. The Morgan fingerprint density at radius 2 is 1.21 bits per heavy atom. The SMILES string of the molecule is C=C/C=C(\C=C/C(=C)C(C)(C)C(/C=C\C(=C)OCC(O)COC(=O)C=C)=C/C=C)OCC(O)COC(=O)C=C. The van der Waals surface area contributed by atoms with E-state index in [4.69, 9.17) is 18.9 Å². The highest BCUT2D eigenvalue weighted by atomic mass is 16.6. The summed E-state index contributed by atoms with van der Waals surface area (Å²) in [5, 5.41) is 19.8. The van der Waals surface area contributed by atoms with Crippen molar-refractivity contribution >= 4 is 11.9 Å². The van der Waals surface area contributed by atoms with Crippen LogP contribution in [0.15, 0.2) is 123 Å². The van der Waals surface area contributed by atoms with Gasteiger partial charge >= 0.3 is 11.9 Å². The Kier molecular flexibility index (Phi) is 17.0. The molecule has 0 fully saturated rings. The summed E-state index contributed by atoms with van der Waals surface area (Å²) in [4.78, 5) is 22.2. The van der Waals surface area contributed by atoms with E-state index in [-0.39, 0.29) is 32.2 Å². The number of rotatable bonds is 20. The zero-order valence-electron chi connectivity index (χ0n) is 22.8. The molecule has 39 heavy (non-hydrogen) atoms. The molecule has 0 bridgehead atoms. The quantitative estimate of drug-likeness (QED) is 0.0998. The lowest BCUT2D eigenvalue weighted by Gasteiger charge is -2.27. The van der Waals surface area contributed by atoms with E-state index in [1.807, 2.05) is 19.9 Å². The first-order valence-corrected chi connectivity index (χ1v) is 12.0. The van der Waals surface area contributed by atoms with Gasteiger partial charge in [-0.15, -0.1) is 0 Å². The first-order chi connectivity index (χ1) is 18.4. The van der Waals surface area contributed by atoms with Crippen molar-refractivity contribution in [3.8, 4) is 0 Å². The standard InChI is InChI=1S/C31H40O8/c1-9-13-25(17-16-24(6)36-19-26(32)21-38-29(34)11-3)31(7,8)23(5)15-18-28(14-10-2)37-20-27(33)22-39-30(35)12-4/h9-18,26-27,32-33H,1-6,19-22H2,7-8H3/b17-16-,18-15-,25-13+,28-14+. The third kappa shape index (κ3) is 15.0. The highest BCUT2D eigenvalue weighted by molar-refractivity contribution is 5.81.